The Balaban J connectivity index is 1.63. The first-order valence-electron chi connectivity index (χ1n) is 9.06. The molecule has 0 bridgehead atoms. The summed E-state index contributed by atoms with van der Waals surface area (Å²) < 4.78 is 0. The van der Waals surface area contributed by atoms with Gasteiger partial charge in [0.2, 0.25) is 11.8 Å². The second-order valence-electron chi connectivity index (χ2n) is 7.41. The first-order chi connectivity index (χ1) is 11.6. The average molecular weight is 327 g/mol. The van der Waals surface area contributed by atoms with Crippen molar-refractivity contribution in [2.45, 2.75) is 44.2 Å². The smallest absolute Gasteiger partial charge is 0.243 e. The molecule has 3 aliphatic rings. The largest absolute Gasteiger partial charge is 0.329 e. The molecule has 5 nitrogen and oxygen atoms in total. The van der Waals surface area contributed by atoms with E-state index < -0.39 is 5.66 Å². The van der Waals surface area contributed by atoms with Gasteiger partial charge in [-0.2, -0.15) is 0 Å². The molecule has 1 aromatic carbocycles. The molecule has 2 heterocycles. The van der Waals surface area contributed by atoms with Gasteiger partial charge in [0.15, 0.2) is 0 Å². The van der Waals surface area contributed by atoms with Crippen LogP contribution in [0.2, 0.25) is 0 Å². The van der Waals surface area contributed by atoms with Gasteiger partial charge in [-0.15, -0.1) is 0 Å². The van der Waals surface area contributed by atoms with Crippen molar-refractivity contribution in [2.75, 3.05) is 19.6 Å². The summed E-state index contributed by atoms with van der Waals surface area (Å²) in [5.74, 6) is 0.165. The zero-order chi connectivity index (χ0) is 16.7. The van der Waals surface area contributed by atoms with Crippen LogP contribution in [0.3, 0.4) is 0 Å². The Labute approximate surface area is 142 Å². The van der Waals surface area contributed by atoms with E-state index >= 15 is 0 Å². The molecule has 1 unspecified atom stereocenters. The molecule has 2 aliphatic heterocycles. The van der Waals surface area contributed by atoms with Gasteiger partial charge < -0.3 is 15.5 Å². The van der Waals surface area contributed by atoms with E-state index in [0.29, 0.717) is 13.1 Å². The van der Waals surface area contributed by atoms with Gasteiger partial charge >= 0.3 is 0 Å². The normalized spacial score (nSPS) is 27.6. The molecule has 0 aromatic heterocycles. The number of carbonyl (C=O) groups is 2. The molecule has 1 atom stereocenters. The zero-order valence-corrected chi connectivity index (χ0v) is 14.0. The highest BCUT2D eigenvalue weighted by Gasteiger charge is 2.48. The fourth-order valence-electron chi connectivity index (χ4n) is 4.61. The van der Waals surface area contributed by atoms with Crippen LogP contribution in [-0.2, 0) is 21.7 Å². The first kappa shape index (κ1) is 15.6. The highest BCUT2D eigenvalue weighted by Crippen LogP contribution is 2.36. The molecule has 1 saturated carbocycles. The third-order valence-electron chi connectivity index (χ3n) is 5.90. The summed E-state index contributed by atoms with van der Waals surface area (Å²) in [6.07, 6.45) is 6.16. The SMILES string of the molecule is NC12CN(C(=O)C3CCCCC3)CC(=O)N1CCc1ccccc12. The van der Waals surface area contributed by atoms with Crippen molar-refractivity contribution in [3.63, 3.8) is 0 Å². The zero-order valence-electron chi connectivity index (χ0n) is 14.0. The standard InChI is InChI=1S/C19H25N3O2/c20-19-13-21(18(24)15-7-2-1-3-8-15)12-17(23)22(19)11-10-14-6-4-5-9-16(14)19/h4-6,9,15H,1-3,7-8,10-13,20H2. The second-order valence-corrected chi connectivity index (χ2v) is 7.41. The van der Waals surface area contributed by atoms with Crippen LogP contribution in [0.5, 0.6) is 0 Å². The topological polar surface area (TPSA) is 66.6 Å². The molecule has 2 N–H and O–H groups in total. The minimum absolute atomic E-state index is 0.0255. The molecule has 24 heavy (non-hydrogen) atoms. The molecular formula is C19H25N3O2. The molecule has 5 heteroatoms. The van der Waals surface area contributed by atoms with Gasteiger partial charge in [0.25, 0.3) is 0 Å². The predicted octanol–water partition coefficient (Wildman–Crippen LogP) is 1.61. The van der Waals surface area contributed by atoms with E-state index in [1.807, 2.05) is 18.2 Å². The van der Waals surface area contributed by atoms with Crippen LogP contribution in [0.25, 0.3) is 0 Å². The van der Waals surface area contributed by atoms with Gasteiger partial charge in [-0.1, -0.05) is 43.5 Å². The Morgan fingerprint density at radius 2 is 1.92 bits per heavy atom. The van der Waals surface area contributed by atoms with Crippen LogP contribution >= 0.6 is 0 Å². The Morgan fingerprint density at radius 1 is 1.17 bits per heavy atom. The summed E-state index contributed by atoms with van der Waals surface area (Å²) >= 11 is 0. The monoisotopic (exact) mass is 327 g/mol. The van der Waals surface area contributed by atoms with Crippen molar-refractivity contribution >= 4 is 11.8 Å². The van der Waals surface area contributed by atoms with Crippen LogP contribution in [0, 0.1) is 5.92 Å². The third-order valence-corrected chi connectivity index (χ3v) is 5.90. The van der Waals surface area contributed by atoms with E-state index in [2.05, 4.69) is 6.07 Å². The maximum Gasteiger partial charge on any atom is 0.243 e. The number of hydrogen-bond donors (Lipinski definition) is 1. The van der Waals surface area contributed by atoms with Gasteiger partial charge in [0.1, 0.15) is 5.66 Å². The third kappa shape index (κ3) is 2.42. The van der Waals surface area contributed by atoms with E-state index in [9.17, 15) is 9.59 Å². The molecular weight excluding hydrogens is 302 g/mol. The number of piperazine rings is 1. The number of benzene rings is 1. The van der Waals surface area contributed by atoms with Crippen LogP contribution in [0.4, 0.5) is 0 Å². The number of carbonyl (C=O) groups excluding carboxylic acids is 2. The van der Waals surface area contributed by atoms with Gasteiger partial charge in [0.05, 0.1) is 13.1 Å². The van der Waals surface area contributed by atoms with E-state index in [0.717, 1.165) is 37.7 Å². The molecule has 2 amide bonds. The van der Waals surface area contributed by atoms with Crippen LogP contribution < -0.4 is 5.73 Å². The fourth-order valence-corrected chi connectivity index (χ4v) is 4.61. The molecule has 2 fully saturated rings. The highest BCUT2D eigenvalue weighted by atomic mass is 16.2. The number of hydrogen-bond acceptors (Lipinski definition) is 3. The van der Waals surface area contributed by atoms with Gasteiger partial charge in [-0.05, 0) is 30.4 Å². The van der Waals surface area contributed by atoms with Crippen molar-refractivity contribution in [3.05, 3.63) is 35.4 Å². The summed E-state index contributed by atoms with van der Waals surface area (Å²) in [6, 6.07) is 8.05. The van der Waals surface area contributed by atoms with Crippen LogP contribution in [0.1, 0.15) is 43.2 Å². The van der Waals surface area contributed by atoms with Crippen LogP contribution in [-0.4, -0.2) is 41.2 Å². The Morgan fingerprint density at radius 3 is 2.71 bits per heavy atom. The molecule has 1 saturated heterocycles. The molecule has 0 radical (unpaired) electrons. The highest BCUT2D eigenvalue weighted by molar-refractivity contribution is 5.88. The van der Waals surface area contributed by atoms with E-state index in [1.165, 1.54) is 12.0 Å². The van der Waals surface area contributed by atoms with Crippen molar-refractivity contribution in [3.8, 4) is 0 Å². The summed E-state index contributed by atoms with van der Waals surface area (Å²) in [6.45, 7) is 1.22. The molecule has 1 aliphatic carbocycles. The maximum absolute atomic E-state index is 12.9. The lowest BCUT2D eigenvalue weighted by molar-refractivity contribution is -0.158. The predicted molar refractivity (Wildman–Crippen MR) is 90.9 cm³/mol. The van der Waals surface area contributed by atoms with Crippen LogP contribution in [0.15, 0.2) is 24.3 Å². The maximum atomic E-state index is 12.9. The lowest BCUT2D eigenvalue weighted by Crippen LogP contribution is -2.70. The number of fused-ring (bicyclic) bond motifs is 3. The Kier molecular flexibility index (Phi) is 3.83. The summed E-state index contributed by atoms with van der Waals surface area (Å²) in [5, 5.41) is 0. The Hall–Kier alpha value is -1.88. The summed E-state index contributed by atoms with van der Waals surface area (Å²) in [7, 11) is 0. The fraction of sp³-hybridized carbons (Fsp3) is 0.579. The molecule has 0 spiro atoms. The first-order valence-corrected chi connectivity index (χ1v) is 9.06. The van der Waals surface area contributed by atoms with Gasteiger partial charge in [0, 0.05) is 12.5 Å². The van der Waals surface area contributed by atoms with Gasteiger partial charge in [-0.25, -0.2) is 0 Å². The number of nitrogens with zero attached hydrogens (tertiary/aromatic N) is 2. The second kappa shape index (κ2) is 5.88. The van der Waals surface area contributed by atoms with Gasteiger partial charge in [-0.3, -0.25) is 9.59 Å². The van der Waals surface area contributed by atoms with E-state index in [-0.39, 0.29) is 24.3 Å². The lowest BCUT2D eigenvalue weighted by Gasteiger charge is -2.52. The Bertz CT molecular complexity index is 668. The number of nitrogens with two attached hydrogens (primary N) is 1. The van der Waals surface area contributed by atoms with E-state index in [1.54, 1.807) is 9.80 Å². The summed E-state index contributed by atoms with van der Waals surface area (Å²) in [5.41, 5.74) is 8.04. The molecule has 128 valence electrons. The van der Waals surface area contributed by atoms with Crippen molar-refractivity contribution < 1.29 is 9.59 Å². The minimum atomic E-state index is -0.880. The summed E-state index contributed by atoms with van der Waals surface area (Å²) in [4.78, 5) is 29.1. The van der Waals surface area contributed by atoms with Crippen molar-refractivity contribution in [1.29, 1.82) is 0 Å². The van der Waals surface area contributed by atoms with E-state index in [4.69, 9.17) is 5.73 Å². The number of rotatable bonds is 1. The lowest BCUT2D eigenvalue weighted by atomic mass is 9.84. The van der Waals surface area contributed by atoms with Crippen molar-refractivity contribution in [2.24, 2.45) is 11.7 Å². The quantitative estimate of drug-likeness (QED) is 0.852. The number of amides is 2. The molecule has 1 aromatic rings. The minimum Gasteiger partial charge on any atom is -0.329 e. The van der Waals surface area contributed by atoms with Crippen molar-refractivity contribution in [1.82, 2.24) is 9.80 Å². The molecule has 4 rings (SSSR count). The average Bonchev–Trinajstić information content (AvgIpc) is 2.61.